The van der Waals surface area contributed by atoms with Gasteiger partial charge in [-0.25, -0.2) is 0 Å². The second-order valence-corrected chi connectivity index (χ2v) is 2.97. The Morgan fingerprint density at radius 2 is 1.55 bits per heavy atom. The molecule has 0 aliphatic heterocycles. The maximum atomic E-state index is 2.31. The van der Waals surface area contributed by atoms with Crippen LogP contribution < -0.4 is 0 Å². The molecule has 0 aliphatic carbocycles. The van der Waals surface area contributed by atoms with E-state index in [2.05, 4.69) is 20.8 Å². The SMILES string of the molecule is C/C=C/C.CCCC(C)CC. The van der Waals surface area contributed by atoms with Crippen molar-refractivity contribution in [1.82, 2.24) is 0 Å². The molecule has 0 bridgehead atoms. The fourth-order valence-corrected chi connectivity index (χ4v) is 0.697. The van der Waals surface area contributed by atoms with Crippen molar-refractivity contribution in [3.63, 3.8) is 0 Å². The normalized spacial score (nSPS) is 12.5. The summed E-state index contributed by atoms with van der Waals surface area (Å²) in [5, 5.41) is 0. The summed E-state index contributed by atoms with van der Waals surface area (Å²) in [5.74, 6) is 0.949. The average Bonchev–Trinajstić information content (AvgIpc) is 2.05. The Balaban J connectivity index is 0. The van der Waals surface area contributed by atoms with E-state index in [1.54, 1.807) is 0 Å². The average molecular weight is 156 g/mol. The Kier molecular flexibility index (Phi) is 15.1. The van der Waals surface area contributed by atoms with Crippen LogP contribution in [0.25, 0.3) is 0 Å². The molecular weight excluding hydrogens is 132 g/mol. The van der Waals surface area contributed by atoms with Gasteiger partial charge in [0, 0.05) is 0 Å². The summed E-state index contributed by atoms with van der Waals surface area (Å²) in [4.78, 5) is 0. The maximum absolute atomic E-state index is 2.31. The van der Waals surface area contributed by atoms with Crippen molar-refractivity contribution in [2.24, 2.45) is 5.92 Å². The Morgan fingerprint density at radius 3 is 1.64 bits per heavy atom. The van der Waals surface area contributed by atoms with Gasteiger partial charge in [-0.05, 0) is 19.8 Å². The molecule has 0 aliphatic rings. The van der Waals surface area contributed by atoms with Crippen LogP contribution in [0.1, 0.15) is 53.9 Å². The molecule has 0 spiro atoms. The molecule has 1 unspecified atom stereocenters. The maximum Gasteiger partial charge on any atom is -0.0446 e. The quantitative estimate of drug-likeness (QED) is 0.531. The third-order valence-corrected chi connectivity index (χ3v) is 1.81. The predicted octanol–water partition coefficient (Wildman–Crippen LogP) is 4.42. The number of rotatable bonds is 3. The number of allylic oxidation sites excluding steroid dienone is 2. The van der Waals surface area contributed by atoms with Gasteiger partial charge in [-0.15, -0.1) is 0 Å². The highest BCUT2D eigenvalue weighted by Gasteiger charge is 1.92. The van der Waals surface area contributed by atoms with Crippen molar-refractivity contribution in [3.8, 4) is 0 Å². The lowest BCUT2D eigenvalue weighted by molar-refractivity contribution is 0.509. The molecule has 0 heterocycles. The summed E-state index contributed by atoms with van der Waals surface area (Å²) < 4.78 is 0. The molecule has 0 heteroatoms. The van der Waals surface area contributed by atoms with Crippen LogP contribution >= 0.6 is 0 Å². The van der Waals surface area contributed by atoms with Gasteiger partial charge in [-0.3, -0.25) is 0 Å². The summed E-state index contributed by atoms with van der Waals surface area (Å²) in [7, 11) is 0. The van der Waals surface area contributed by atoms with Crippen LogP contribution in [0.2, 0.25) is 0 Å². The van der Waals surface area contributed by atoms with Gasteiger partial charge in [-0.1, -0.05) is 52.2 Å². The highest BCUT2D eigenvalue weighted by Crippen LogP contribution is 2.07. The zero-order valence-electron chi connectivity index (χ0n) is 8.85. The van der Waals surface area contributed by atoms with Crippen LogP contribution in [-0.4, -0.2) is 0 Å². The van der Waals surface area contributed by atoms with Crippen LogP contribution in [0, 0.1) is 5.92 Å². The van der Waals surface area contributed by atoms with Crippen LogP contribution in [0.15, 0.2) is 12.2 Å². The molecular formula is C11H24. The fraction of sp³-hybridized carbons (Fsp3) is 0.818. The molecule has 0 aromatic carbocycles. The molecule has 0 saturated carbocycles. The molecule has 0 N–H and O–H groups in total. The fourth-order valence-electron chi connectivity index (χ4n) is 0.697. The van der Waals surface area contributed by atoms with Gasteiger partial charge in [0.15, 0.2) is 0 Å². The molecule has 0 saturated heterocycles. The standard InChI is InChI=1S/C7H16.C4H8/c1-4-6-7(3)5-2;1-3-4-2/h7H,4-6H2,1-3H3;3-4H,1-2H3/b;4-3+. The molecule has 0 aromatic rings. The van der Waals surface area contributed by atoms with Crippen molar-refractivity contribution in [3.05, 3.63) is 12.2 Å². The summed E-state index contributed by atoms with van der Waals surface area (Å²) in [6, 6.07) is 0. The van der Waals surface area contributed by atoms with E-state index in [1.807, 2.05) is 26.0 Å². The van der Waals surface area contributed by atoms with Gasteiger partial charge >= 0.3 is 0 Å². The summed E-state index contributed by atoms with van der Waals surface area (Å²) in [6.07, 6.45) is 8.08. The van der Waals surface area contributed by atoms with Gasteiger partial charge < -0.3 is 0 Å². The first-order chi connectivity index (χ1) is 5.22. The number of hydrogen-bond acceptors (Lipinski definition) is 0. The van der Waals surface area contributed by atoms with Gasteiger partial charge in [0.1, 0.15) is 0 Å². The third kappa shape index (κ3) is 17.7. The predicted molar refractivity (Wildman–Crippen MR) is 54.9 cm³/mol. The van der Waals surface area contributed by atoms with Crippen molar-refractivity contribution in [2.75, 3.05) is 0 Å². The van der Waals surface area contributed by atoms with Crippen LogP contribution in [-0.2, 0) is 0 Å². The molecule has 0 fully saturated rings. The van der Waals surface area contributed by atoms with E-state index in [4.69, 9.17) is 0 Å². The topological polar surface area (TPSA) is 0 Å². The Hall–Kier alpha value is -0.260. The molecule has 1 atom stereocenters. The van der Waals surface area contributed by atoms with Crippen LogP contribution in [0.4, 0.5) is 0 Å². The van der Waals surface area contributed by atoms with Gasteiger partial charge in [0.05, 0.1) is 0 Å². The lowest BCUT2D eigenvalue weighted by Crippen LogP contribution is -1.88. The third-order valence-electron chi connectivity index (χ3n) is 1.81. The molecule has 0 radical (unpaired) electrons. The van der Waals surface area contributed by atoms with E-state index >= 15 is 0 Å². The lowest BCUT2D eigenvalue weighted by atomic mass is 10.0. The lowest BCUT2D eigenvalue weighted by Gasteiger charge is -2.02. The summed E-state index contributed by atoms with van der Waals surface area (Å²) >= 11 is 0. The Labute approximate surface area is 72.7 Å². The highest BCUT2D eigenvalue weighted by molar-refractivity contribution is 4.68. The molecule has 0 nitrogen and oxygen atoms in total. The summed E-state index contributed by atoms with van der Waals surface area (Å²) in [5.41, 5.74) is 0. The zero-order chi connectivity index (χ0) is 9.11. The smallest absolute Gasteiger partial charge is 0.0446 e. The van der Waals surface area contributed by atoms with Gasteiger partial charge in [-0.2, -0.15) is 0 Å². The van der Waals surface area contributed by atoms with E-state index in [1.165, 1.54) is 19.3 Å². The van der Waals surface area contributed by atoms with Gasteiger partial charge in [0.25, 0.3) is 0 Å². The van der Waals surface area contributed by atoms with E-state index in [0.29, 0.717) is 0 Å². The van der Waals surface area contributed by atoms with Crippen molar-refractivity contribution < 1.29 is 0 Å². The number of hydrogen-bond donors (Lipinski definition) is 0. The van der Waals surface area contributed by atoms with E-state index in [0.717, 1.165) is 5.92 Å². The van der Waals surface area contributed by atoms with E-state index in [9.17, 15) is 0 Å². The molecule has 0 amide bonds. The Bertz CT molecular complexity index is 68.1. The summed E-state index contributed by atoms with van der Waals surface area (Å²) in [6.45, 7) is 10.8. The zero-order valence-corrected chi connectivity index (χ0v) is 8.85. The first-order valence-electron chi connectivity index (χ1n) is 4.80. The van der Waals surface area contributed by atoms with Crippen LogP contribution in [0.5, 0.6) is 0 Å². The Morgan fingerprint density at radius 1 is 1.09 bits per heavy atom. The van der Waals surface area contributed by atoms with Crippen molar-refractivity contribution in [1.29, 1.82) is 0 Å². The second kappa shape index (κ2) is 12.4. The van der Waals surface area contributed by atoms with Crippen molar-refractivity contribution >= 4 is 0 Å². The van der Waals surface area contributed by atoms with E-state index < -0.39 is 0 Å². The second-order valence-electron chi connectivity index (χ2n) is 2.97. The first kappa shape index (κ1) is 13.3. The monoisotopic (exact) mass is 156 g/mol. The molecule has 11 heavy (non-hydrogen) atoms. The van der Waals surface area contributed by atoms with Gasteiger partial charge in [0.2, 0.25) is 0 Å². The molecule has 68 valence electrons. The minimum atomic E-state index is 0.949. The minimum absolute atomic E-state index is 0.949. The highest BCUT2D eigenvalue weighted by atomic mass is 14.0. The largest absolute Gasteiger partial charge is 0.0919 e. The molecule has 0 aromatic heterocycles. The minimum Gasteiger partial charge on any atom is -0.0919 e. The van der Waals surface area contributed by atoms with E-state index in [-0.39, 0.29) is 0 Å². The first-order valence-corrected chi connectivity index (χ1v) is 4.80. The van der Waals surface area contributed by atoms with Crippen molar-refractivity contribution in [2.45, 2.75) is 53.9 Å². The molecule has 0 rings (SSSR count). The van der Waals surface area contributed by atoms with Crippen LogP contribution in [0.3, 0.4) is 0 Å².